The summed E-state index contributed by atoms with van der Waals surface area (Å²) in [6.07, 6.45) is 1.05. The zero-order chi connectivity index (χ0) is 16.0. The number of amides is 1. The van der Waals surface area contributed by atoms with Gasteiger partial charge in [0.1, 0.15) is 17.4 Å². The van der Waals surface area contributed by atoms with Crippen molar-refractivity contribution in [1.29, 1.82) is 0 Å². The number of aryl methyl sites for hydroxylation is 1. The number of rotatable bonds is 2. The van der Waals surface area contributed by atoms with Gasteiger partial charge in [0.25, 0.3) is 5.91 Å². The Hall–Kier alpha value is -2.75. The maximum atomic E-state index is 12.4. The maximum absolute atomic E-state index is 12.4. The van der Waals surface area contributed by atoms with Gasteiger partial charge in [-0.25, -0.2) is 0 Å². The van der Waals surface area contributed by atoms with Crippen LogP contribution in [0.5, 0.6) is 5.75 Å². The first-order chi connectivity index (χ1) is 11.1. The van der Waals surface area contributed by atoms with E-state index in [4.69, 9.17) is 9.15 Å². The first kappa shape index (κ1) is 13.9. The Bertz CT molecular complexity index is 910. The minimum Gasteiger partial charge on any atom is -0.490 e. The third kappa shape index (κ3) is 2.57. The molecule has 3 aromatic rings. The highest BCUT2D eigenvalue weighted by Crippen LogP contribution is 2.31. The summed E-state index contributed by atoms with van der Waals surface area (Å²) in [6.45, 7) is 4.03. The largest absolute Gasteiger partial charge is 0.490 e. The average Bonchev–Trinajstić information content (AvgIpc) is 3.08. The lowest BCUT2D eigenvalue weighted by atomic mass is 10.1. The normalized spacial score (nSPS) is 16.2. The minimum atomic E-state index is -0.245. The lowest BCUT2D eigenvalue weighted by Gasteiger charge is -2.05. The Morgan fingerprint density at radius 2 is 2.04 bits per heavy atom. The van der Waals surface area contributed by atoms with Crippen LogP contribution in [0.3, 0.4) is 0 Å². The Labute approximate surface area is 134 Å². The van der Waals surface area contributed by atoms with Crippen molar-refractivity contribution in [2.75, 3.05) is 5.32 Å². The molecular formula is C19H17NO3. The fourth-order valence-electron chi connectivity index (χ4n) is 2.94. The first-order valence-corrected chi connectivity index (χ1v) is 7.69. The Kier molecular flexibility index (Phi) is 3.11. The van der Waals surface area contributed by atoms with Gasteiger partial charge in [0.15, 0.2) is 5.76 Å². The monoisotopic (exact) mass is 307 g/mol. The van der Waals surface area contributed by atoms with Gasteiger partial charge in [-0.05, 0) is 55.3 Å². The van der Waals surface area contributed by atoms with Gasteiger partial charge in [-0.15, -0.1) is 0 Å². The van der Waals surface area contributed by atoms with Crippen LogP contribution in [0, 0.1) is 6.92 Å². The summed E-state index contributed by atoms with van der Waals surface area (Å²) in [7, 11) is 0. The number of hydrogen-bond acceptors (Lipinski definition) is 3. The molecule has 0 fully saturated rings. The molecule has 4 rings (SSSR count). The molecule has 1 unspecified atom stereocenters. The molecule has 4 nitrogen and oxygen atoms in total. The highest BCUT2D eigenvalue weighted by Gasteiger charge is 2.20. The van der Waals surface area contributed by atoms with Gasteiger partial charge in [-0.1, -0.05) is 12.1 Å². The summed E-state index contributed by atoms with van der Waals surface area (Å²) in [5, 5.41) is 3.82. The number of ether oxygens (including phenoxy) is 1. The topological polar surface area (TPSA) is 51.5 Å². The van der Waals surface area contributed by atoms with E-state index in [1.54, 1.807) is 6.07 Å². The molecule has 0 spiro atoms. The Morgan fingerprint density at radius 1 is 1.17 bits per heavy atom. The van der Waals surface area contributed by atoms with Crippen LogP contribution >= 0.6 is 0 Å². The van der Waals surface area contributed by atoms with Gasteiger partial charge >= 0.3 is 0 Å². The van der Waals surface area contributed by atoms with Gasteiger partial charge in [-0.2, -0.15) is 0 Å². The van der Waals surface area contributed by atoms with Gasteiger partial charge in [-0.3, -0.25) is 4.79 Å². The Balaban J connectivity index is 1.58. The van der Waals surface area contributed by atoms with E-state index in [0.29, 0.717) is 5.76 Å². The maximum Gasteiger partial charge on any atom is 0.291 e. The third-order valence-electron chi connectivity index (χ3n) is 4.05. The van der Waals surface area contributed by atoms with E-state index >= 15 is 0 Å². The van der Waals surface area contributed by atoms with Crippen molar-refractivity contribution < 1.29 is 13.9 Å². The molecule has 1 N–H and O–H groups in total. The lowest BCUT2D eigenvalue weighted by Crippen LogP contribution is -2.10. The second kappa shape index (κ2) is 5.16. The highest BCUT2D eigenvalue weighted by molar-refractivity contribution is 6.04. The second-order valence-corrected chi connectivity index (χ2v) is 6.06. The van der Waals surface area contributed by atoms with Crippen LogP contribution < -0.4 is 10.1 Å². The van der Waals surface area contributed by atoms with Crippen LogP contribution in [0.25, 0.3) is 11.0 Å². The summed E-state index contributed by atoms with van der Waals surface area (Å²) in [4.78, 5) is 12.4. The number of hydrogen-bond donors (Lipinski definition) is 1. The van der Waals surface area contributed by atoms with Crippen LogP contribution in [-0.2, 0) is 6.42 Å². The summed E-state index contributed by atoms with van der Waals surface area (Å²) in [5.41, 5.74) is 3.71. The fraction of sp³-hybridized carbons (Fsp3) is 0.211. The van der Waals surface area contributed by atoms with Crippen LogP contribution in [0.4, 0.5) is 5.69 Å². The molecule has 1 aliphatic rings. The third-order valence-corrected chi connectivity index (χ3v) is 4.05. The van der Waals surface area contributed by atoms with E-state index in [2.05, 4.69) is 5.32 Å². The van der Waals surface area contributed by atoms with Crippen LogP contribution in [0.2, 0.25) is 0 Å². The number of furan rings is 1. The molecule has 23 heavy (non-hydrogen) atoms. The Morgan fingerprint density at radius 3 is 2.91 bits per heavy atom. The van der Waals surface area contributed by atoms with Crippen molar-refractivity contribution in [1.82, 2.24) is 0 Å². The van der Waals surface area contributed by atoms with E-state index in [9.17, 15) is 4.79 Å². The number of fused-ring (bicyclic) bond motifs is 2. The molecule has 0 saturated heterocycles. The molecule has 0 saturated carbocycles. The van der Waals surface area contributed by atoms with Gasteiger partial charge in [0.2, 0.25) is 0 Å². The number of carbonyl (C=O) groups excluding carboxylic acids is 1. The van der Waals surface area contributed by atoms with Crippen molar-refractivity contribution in [3.63, 3.8) is 0 Å². The van der Waals surface area contributed by atoms with Crippen molar-refractivity contribution >= 4 is 22.6 Å². The van der Waals surface area contributed by atoms with E-state index in [0.717, 1.165) is 40.0 Å². The molecule has 0 bridgehead atoms. The molecular weight excluding hydrogens is 290 g/mol. The number of anilines is 1. The quantitative estimate of drug-likeness (QED) is 0.767. The predicted molar refractivity (Wildman–Crippen MR) is 89.1 cm³/mol. The van der Waals surface area contributed by atoms with E-state index in [-0.39, 0.29) is 12.0 Å². The van der Waals surface area contributed by atoms with Crippen molar-refractivity contribution in [3.8, 4) is 5.75 Å². The number of carbonyl (C=O) groups is 1. The average molecular weight is 307 g/mol. The second-order valence-electron chi connectivity index (χ2n) is 6.06. The SMILES string of the molecule is Cc1ccc2cc(C(=O)Nc3ccc4c(c3)CC(C)O4)oc2c1. The smallest absolute Gasteiger partial charge is 0.291 e. The van der Waals surface area contributed by atoms with Gasteiger partial charge < -0.3 is 14.5 Å². The van der Waals surface area contributed by atoms with E-state index in [1.807, 2.05) is 50.2 Å². The molecule has 116 valence electrons. The van der Waals surface area contributed by atoms with Gasteiger partial charge in [0, 0.05) is 17.5 Å². The molecule has 1 atom stereocenters. The fourth-order valence-corrected chi connectivity index (χ4v) is 2.94. The molecule has 1 aromatic heterocycles. The molecule has 1 aliphatic heterocycles. The molecule has 0 radical (unpaired) electrons. The first-order valence-electron chi connectivity index (χ1n) is 7.69. The van der Waals surface area contributed by atoms with Gasteiger partial charge in [0.05, 0.1) is 0 Å². The predicted octanol–water partition coefficient (Wildman–Crippen LogP) is 4.32. The van der Waals surface area contributed by atoms with Crippen LogP contribution in [0.1, 0.15) is 28.6 Å². The molecule has 2 heterocycles. The minimum absolute atomic E-state index is 0.189. The van der Waals surface area contributed by atoms with Crippen molar-refractivity contribution in [3.05, 3.63) is 59.4 Å². The lowest BCUT2D eigenvalue weighted by molar-refractivity contribution is 0.0998. The number of nitrogens with one attached hydrogen (secondary N) is 1. The van der Waals surface area contributed by atoms with Crippen molar-refractivity contribution in [2.24, 2.45) is 0 Å². The summed E-state index contributed by atoms with van der Waals surface area (Å²) < 4.78 is 11.3. The standard InChI is InChI=1S/C19H17NO3/c1-11-3-4-13-10-18(23-17(13)7-11)19(21)20-15-5-6-16-14(9-15)8-12(2)22-16/h3-7,9-10,12H,8H2,1-2H3,(H,20,21). The number of benzene rings is 2. The van der Waals surface area contributed by atoms with E-state index < -0.39 is 0 Å². The highest BCUT2D eigenvalue weighted by atomic mass is 16.5. The van der Waals surface area contributed by atoms with Crippen LogP contribution in [0.15, 0.2) is 46.9 Å². The zero-order valence-corrected chi connectivity index (χ0v) is 13.1. The molecule has 2 aromatic carbocycles. The molecule has 4 heteroatoms. The molecule has 1 amide bonds. The summed E-state index contributed by atoms with van der Waals surface area (Å²) in [5.74, 6) is 0.969. The zero-order valence-electron chi connectivity index (χ0n) is 13.1. The van der Waals surface area contributed by atoms with E-state index in [1.165, 1.54) is 0 Å². The van der Waals surface area contributed by atoms with Crippen LogP contribution in [-0.4, -0.2) is 12.0 Å². The summed E-state index contributed by atoms with van der Waals surface area (Å²) in [6, 6.07) is 13.4. The molecule has 0 aliphatic carbocycles. The van der Waals surface area contributed by atoms with Crippen molar-refractivity contribution in [2.45, 2.75) is 26.4 Å². The summed E-state index contributed by atoms with van der Waals surface area (Å²) >= 11 is 0.